The van der Waals surface area contributed by atoms with Crippen molar-refractivity contribution in [1.29, 1.82) is 0 Å². The minimum Gasteiger partial charge on any atom is -0.321 e. The summed E-state index contributed by atoms with van der Waals surface area (Å²) in [5.41, 5.74) is 3.02. The summed E-state index contributed by atoms with van der Waals surface area (Å²) in [6, 6.07) is 9.85. The van der Waals surface area contributed by atoms with E-state index in [1.165, 1.54) is 0 Å². The van der Waals surface area contributed by atoms with E-state index in [1.807, 2.05) is 30.7 Å². The smallest absolute Gasteiger partial charge is 0.274 e. The molecule has 1 amide bonds. The molecular formula is C23H26N6O. The predicted octanol–water partition coefficient (Wildman–Crippen LogP) is 3.76. The highest BCUT2D eigenvalue weighted by atomic mass is 16.1. The van der Waals surface area contributed by atoms with Crippen molar-refractivity contribution in [2.45, 2.75) is 50.9 Å². The van der Waals surface area contributed by atoms with Gasteiger partial charge >= 0.3 is 0 Å². The number of rotatable bonds is 5. The third-order valence-electron chi connectivity index (χ3n) is 6.25. The number of anilines is 1. The summed E-state index contributed by atoms with van der Waals surface area (Å²) < 4.78 is 2.00. The van der Waals surface area contributed by atoms with E-state index < -0.39 is 0 Å². The summed E-state index contributed by atoms with van der Waals surface area (Å²) in [6.45, 7) is 4.17. The summed E-state index contributed by atoms with van der Waals surface area (Å²) in [5, 5.41) is 11.5. The number of hydrogen-bond acceptors (Lipinski definition) is 5. The Morgan fingerprint density at radius 1 is 1.20 bits per heavy atom. The lowest BCUT2D eigenvalue weighted by molar-refractivity contribution is 0.102. The molecule has 2 saturated carbocycles. The molecule has 1 N–H and O–H groups in total. The van der Waals surface area contributed by atoms with E-state index in [-0.39, 0.29) is 11.3 Å². The number of nitrogens with zero attached hydrogens (tertiary/aromatic N) is 5. The van der Waals surface area contributed by atoms with Crippen LogP contribution in [0.4, 0.5) is 5.69 Å². The largest absolute Gasteiger partial charge is 0.321 e. The summed E-state index contributed by atoms with van der Waals surface area (Å²) >= 11 is 0. The van der Waals surface area contributed by atoms with Crippen molar-refractivity contribution < 1.29 is 4.79 Å². The molecule has 1 aromatic carbocycles. The Bertz CT molecular complexity index is 1110. The highest BCUT2D eigenvalue weighted by molar-refractivity contribution is 6.03. The van der Waals surface area contributed by atoms with Crippen LogP contribution < -0.4 is 5.32 Å². The number of aromatic nitrogens is 5. The molecule has 0 radical (unpaired) electrons. The molecule has 0 bridgehead atoms. The minimum atomic E-state index is -0.200. The molecule has 2 aliphatic rings. The second-order valence-corrected chi connectivity index (χ2v) is 8.92. The molecule has 30 heavy (non-hydrogen) atoms. The molecule has 5 rings (SSSR count). The van der Waals surface area contributed by atoms with Crippen LogP contribution >= 0.6 is 0 Å². The number of amides is 1. The van der Waals surface area contributed by atoms with Gasteiger partial charge in [0.15, 0.2) is 0 Å². The second-order valence-electron chi connectivity index (χ2n) is 8.92. The van der Waals surface area contributed by atoms with Gasteiger partial charge in [-0.05, 0) is 62.3 Å². The van der Waals surface area contributed by atoms with Crippen LogP contribution in [0.15, 0.2) is 36.7 Å². The highest BCUT2D eigenvalue weighted by Gasteiger charge is 2.48. The van der Waals surface area contributed by atoms with Gasteiger partial charge in [-0.25, -0.2) is 9.97 Å². The molecule has 2 heterocycles. The molecular weight excluding hydrogens is 376 g/mol. The standard InChI is InChI=1S/C23H26N6O/c1-14-11-23(12-14,22-28-24-13-29(22)3)17-5-4-6-18(10-17)26-21(30)19-9-15(2)25-20(27-19)16-7-8-16/h4-6,9-10,13-14,16H,7-8,11-12H2,1-3H3,(H,26,30)/t14-,23-. The number of aryl methyl sites for hydroxylation is 2. The van der Waals surface area contributed by atoms with Crippen molar-refractivity contribution in [2.24, 2.45) is 13.0 Å². The molecule has 2 aromatic heterocycles. The molecule has 0 spiro atoms. The van der Waals surface area contributed by atoms with Crippen molar-refractivity contribution >= 4 is 11.6 Å². The molecule has 0 atom stereocenters. The lowest BCUT2D eigenvalue weighted by atomic mass is 9.58. The Labute approximate surface area is 176 Å². The van der Waals surface area contributed by atoms with Gasteiger partial charge in [0.1, 0.15) is 23.7 Å². The first kappa shape index (κ1) is 18.9. The molecule has 0 saturated heterocycles. The highest BCUT2D eigenvalue weighted by Crippen LogP contribution is 2.51. The van der Waals surface area contributed by atoms with Crippen molar-refractivity contribution in [3.63, 3.8) is 0 Å². The third kappa shape index (κ3) is 3.28. The van der Waals surface area contributed by atoms with Crippen LogP contribution in [-0.2, 0) is 12.5 Å². The molecule has 2 aliphatic carbocycles. The van der Waals surface area contributed by atoms with Gasteiger partial charge in [-0.3, -0.25) is 4.79 Å². The summed E-state index contributed by atoms with van der Waals surface area (Å²) in [7, 11) is 1.99. The first-order valence-electron chi connectivity index (χ1n) is 10.6. The number of carbonyl (C=O) groups excluding carboxylic acids is 1. The van der Waals surface area contributed by atoms with Crippen LogP contribution in [0.3, 0.4) is 0 Å². The third-order valence-corrected chi connectivity index (χ3v) is 6.25. The zero-order valence-electron chi connectivity index (χ0n) is 17.6. The van der Waals surface area contributed by atoms with Gasteiger partial charge in [-0.1, -0.05) is 19.1 Å². The van der Waals surface area contributed by atoms with Crippen molar-refractivity contribution in [1.82, 2.24) is 24.7 Å². The quantitative estimate of drug-likeness (QED) is 0.702. The monoisotopic (exact) mass is 402 g/mol. The fourth-order valence-electron chi connectivity index (χ4n) is 4.72. The Morgan fingerprint density at radius 2 is 2.00 bits per heavy atom. The minimum absolute atomic E-state index is 0.157. The fourth-order valence-corrected chi connectivity index (χ4v) is 4.72. The van der Waals surface area contributed by atoms with E-state index in [2.05, 4.69) is 44.5 Å². The SMILES string of the molecule is Cc1cc(C(=O)Nc2cccc([C@]3(c4nncn4C)C[C@H](C)C3)c2)nc(C2CC2)n1. The van der Waals surface area contributed by atoms with Crippen LogP contribution in [0.1, 0.15) is 71.9 Å². The van der Waals surface area contributed by atoms with Crippen LogP contribution in [0.25, 0.3) is 0 Å². The molecule has 2 fully saturated rings. The van der Waals surface area contributed by atoms with Gasteiger partial charge in [0.05, 0.1) is 5.41 Å². The first-order valence-corrected chi connectivity index (χ1v) is 10.6. The van der Waals surface area contributed by atoms with E-state index in [9.17, 15) is 4.79 Å². The lowest BCUT2D eigenvalue weighted by Gasteiger charge is -2.46. The number of carbonyl (C=O) groups is 1. The lowest BCUT2D eigenvalue weighted by Crippen LogP contribution is -2.43. The van der Waals surface area contributed by atoms with Gasteiger partial charge in [-0.15, -0.1) is 10.2 Å². The number of hydrogen-bond donors (Lipinski definition) is 1. The normalized spacial score (nSPS) is 23.1. The van der Waals surface area contributed by atoms with E-state index in [0.717, 1.165) is 54.3 Å². The van der Waals surface area contributed by atoms with Crippen LogP contribution in [-0.4, -0.2) is 30.6 Å². The fraction of sp³-hybridized carbons (Fsp3) is 0.435. The first-order chi connectivity index (χ1) is 14.4. The van der Waals surface area contributed by atoms with E-state index in [0.29, 0.717) is 17.5 Å². The van der Waals surface area contributed by atoms with Crippen LogP contribution in [0.2, 0.25) is 0 Å². The molecule has 7 heteroatoms. The van der Waals surface area contributed by atoms with Gasteiger partial charge < -0.3 is 9.88 Å². The molecule has 3 aromatic rings. The van der Waals surface area contributed by atoms with Crippen molar-refractivity contribution in [3.05, 3.63) is 65.3 Å². The van der Waals surface area contributed by atoms with Crippen molar-refractivity contribution in [2.75, 3.05) is 5.32 Å². The molecule has 154 valence electrons. The Morgan fingerprint density at radius 3 is 2.67 bits per heavy atom. The average Bonchev–Trinajstić information content (AvgIpc) is 3.46. The molecule has 0 unspecified atom stereocenters. The maximum Gasteiger partial charge on any atom is 0.274 e. The average molecular weight is 403 g/mol. The summed E-state index contributed by atoms with van der Waals surface area (Å²) in [6.07, 6.45) is 6.00. The van der Waals surface area contributed by atoms with E-state index in [4.69, 9.17) is 0 Å². The van der Waals surface area contributed by atoms with E-state index >= 15 is 0 Å². The molecule has 0 aliphatic heterocycles. The summed E-state index contributed by atoms with van der Waals surface area (Å²) in [4.78, 5) is 21.9. The second kappa shape index (κ2) is 7.00. The number of nitrogens with one attached hydrogen (secondary N) is 1. The topological polar surface area (TPSA) is 85.6 Å². The molecule has 7 nitrogen and oxygen atoms in total. The maximum absolute atomic E-state index is 12.9. The zero-order chi connectivity index (χ0) is 20.9. The van der Waals surface area contributed by atoms with Crippen molar-refractivity contribution in [3.8, 4) is 0 Å². The van der Waals surface area contributed by atoms with E-state index in [1.54, 1.807) is 12.4 Å². The Balaban J connectivity index is 1.43. The maximum atomic E-state index is 12.9. The predicted molar refractivity (Wildman–Crippen MR) is 113 cm³/mol. The summed E-state index contributed by atoms with van der Waals surface area (Å²) in [5.74, 6) is 2.61. The number of benzene rings is 1. The van der Waals surface area contributed by atoms with Gasteiger partial charge in [-0.2, -0.15) is 0 Å². The van der Waals surface area contributed by atoms with Crippen LogP contribution in [0, 0.1) is 12.8 Å². The van der Waals surface area contributed by atoms with Gasteiger partial charge in [0, 0.05) is 24.3 Å². The van der Waals surface area contributed by atoms with Crippen LogP contribution in [0.5, 0.6) is 0 Å². The Kier molecular flexibility index (Phi) is 4.41. The Hall–Kier alpha value is -3.09. The zero-order valence-corrected chi connectivity index (χ0v) is 17.6. The van der Waals surface area contributed by atoms with Gasteiger partial charge in [0.2, 0.25) is 0 Å². The van der Waals surface area contributed by atoms with Gasteiger partial charge in [0.25, 0.3) is 5.91 Å².